The van der Waals surface area contributed by atoms with Crippen molar-refractivity contribution < 1.29 is 14.6 Å². The molecular weight excluding hydrogens is 268 g/mol. The number of hydrogen-bond acceptors (Lipinski definition) is 3. The molecule has 0 spiro atoms. The van der Waals surface area contributed by atoms with E-state index in [0.29, 0.717) is 19.0 Å². The monoisotopic (exact) mass is 292 g/mol. The fourth-order valence-electron chi connectivity index (χ4n) is 2.13. The van der Waals surface area contributed by atoms with Crippen LogP contribution < -0.4 is 10.1 Å². The van der Waals surface area contributed by atoms with Crippen molar-refractivity contribution in [3.8, 4) is 5.75 Å². The van der Waals surface area contributed by atoms with E-state index in [1.54, 1.807) is 7.05 Å². The van der Waals surface area contributed by atoms with Crippen LogP contribution in [-0.2, 0) is 0 Å². The largest absolute Gasteiger partial charge is 0.489 e. The summed E-state index contributed by atoms with van der Waals surface area (Å²) in [6, 6.07) is 9.34. The minimum atomic E-state index is -0.404. The molecule has 21 heavy (non-hydrogen) atoms. The molecule has 116 valence electrons. The number of nitrogens with zero attached hydrogens (tertiary/aromatic N) is 1. The second-order valence-electron chi connectivity index (χ2n) is 5.71. The number of carbonyl (C=O) groups is 1. The van der Waals surface area contributed by atoms with E-state index in [9.17, 15) is 9.90 Å². The van der Waals surface area contributed by atoms with Crippen molar-refractivity contribution in [2.24, 2.45) is 5.92 Å². The Morgan fingerprint density at radius 2 is 2.10 bits per heavy atom. The van der Waals surface area contributed by atoms with Crippen LogP contribution in [0.2, 0.25) is 0 Å². The first-order chi connectivity index (χ1) is 10.1. The van der Waals surface area contributed by atoms with Crippen LogP contribution in [0.4, 0.5) is 4.79 Å². The highest BCUT2D eigenvalue weighted by Crippen LogP contribution is 2.32. The van der Waals surface area contributed by atoms with Crippen molar-refractivity contribution in [1.82, 2.24) is 10.2 Å². The van der Waals surface area contributed by atoms with Gasteiger partial charge in [0.25, 0.3) is 0 Å². The maximum atomic E-state index is 11.9. The van der Waals surface area contributed by atoms with E-state index in [2.05, 4.69) is 5.32 Å². The number of benzene rings is 1. The molecule has 2 amide bonds. The molecule has 1 fully saturated rings. The molecule has 0 aliphatic heterocycles. The third-order valence-electron chi connectivity index (χ3n) is 3.59. The van der Waals surface area contributed by atoms with Gasteiger partial charge in [-0.15, -0.1) is 0 Å². The minimum Gasteiger partial charge on any atom is -0.489 e. The van der Waals surface area contributed by atoms with Crippen LogP contribution in [0.25, 0.3) is 0 Å². The molecule has 2 rings (SSSR count). The molecule has 1 saturated carbocycles. The Morgan fingerprint density at radius 3 is 2.71 bits per heavy atom. The van der Waals surface area contributed by atoms with E-state index in [1.165, 1.54) is 4.90 Å². The van der Waals surface area contributed by atoms with Gasteiger partial charge in [0.05, 0.1) is 12.6 Å². The molecule has 0 saturated heterocycles. The predicted molar refractivity (Wildman–Crippen MR) is 81.3 cm³/mol. The number of urea groups is 1. The number of para-hydroxylation sites is 1. The number of hydrogen-bond donors (Lipinski definition) is 2. The van der Waals surface area contributed by atoms with Gasteiger partial charge >= 0.3 is 6.03 Å². The molecule has 0 heterocycles. The highest BCUT2D eigenvalue weighted by Gasteiger charge is 2.31. The van der Waals surface area contributed by atoms with Crippen molar-refractivity contribution in [1.29, 1.82) is 0 Å². The molecule has 1 aromatic carbocycles. The first-order valence-electron chi connectivity index (χ1n) is 7.45. The second-order valence-corrected chi connectivity index (χ2v) is 5.71. The summed E-state index contributed by atoms with van der Waals surface area (Å²) in [6.45, 7) is 2.72. The van der Waals surface area contributed by atoms with Crippen LogP contribution in [0.5, 0.6) is 5.75 Å². The first-order valence-corrected chi connectivity index (χ1v) is 7.45. The molecule has 0 aromatic heterocycles. The van der Waals surface area contributed by atoms with Crippen LogP contribution >= 0.6 is 0 Å². The Morgan fingerprint density at radius 1 is 1.43 bits per heavy atom. The summed E-state index contributed by atoms with van der Waals surface area (Å²) in [5.74, 6) is 1.16. The van der Waals surface area contributed by atoms with E-state index in [4.69, 9.17) is 4.74 Å². The van der Waals surface area contributed by atoms with Gasteiger partial charge in [-0.2, -0.15) is 0 Å². The standard InChI is InChI=1S/C16H24N2O3/c1-12(21-14-6-4-3-5-7-14)10-17-16(20)18(2)11-15(19)13-8-9-13/h3-7,12-13,15,19H,8-11H2,1-2H3,(H,17,20). The SMILES string of the molecule is CC(CNC(=O)N(C)CC(O)C1CC1)Oc1ccccc1. The Kier molecular flexibility index (Phi) is 5.44. The van der Waals surface area contributed by atoms with Crippen molar-refractivity contribution in [2.45, 2.75) is 32.0 Å². The molecule has 5 nitrogen and oxygen atoms in total. The van der Waals surface area contributed by atoms with Gasteiger partial charge in [0.1, 0.15) is 11.9 Å². The zero-order valence-electron chi connectivity index (χ0n) is 12.7. The summed E-state index contributed by atoms with van der Waals surface area (Å²) < 4.78 is 5.69. The molecule has 0 bridgehead atoms. The fraction of sp³-hybridized carbons (Fsp3) is 0.562. The van der Waals surface area contributed by atoms with Crippen LogP contribution in [-0.4, -0.2) is 48.4 Å². The summed E-state index contributed by atoms with van der Waals surface area (Å²) in [5.41, 5.74) is 0. The van der Waals surface area contributed by atoms with Gasteiger partial charge in [-0.3, -0.25) is 0 Å². The number of aliphatic hydroxyl groups excluding tert-OH is 1. The number of amides is 2. The van der Waals surface area contributed by atoms with Gasteiger partial charge in [0.15, 0.2) is 0 Å². The Hall–Kier alpha value is -1.75. The lowest BCUT2D eigenvalue weighted by Crippen LogP contribution is -2.44. The fourth-order valence-corrected chi connectivity index (χ4v) is 2.13. The van der Waals surface area contributed by atoms with Crippen molar-refractivity contribution in [3.63, 3.8) is 0 Å². The normalized spacial score (nSPS) is 16.9. The smallest absolute Gasteiger partial charge is 0.317 e. The number of carbonyl (C=O) groups excluding carboxylic acids is 1. The quantitative estimate of drug-likeness (QED) is 0.806. The van der Waals surface area contributed by atoms with E-state index >= 15 is 0 Å². The van der Waals surface area contributed by atoms with Crippen molar-refractivity contribution >= 4 is 6.03 Å². The lowest BCUT2D eigenvalue weighted by Gasteiger charge is -2.22. The maximum absolute atomic E-state index is 11.9. The molecule has 2 atom stereocenters. The summed E-state index contributed by atoms with van der Waals surface area (Å²) >= 11 is 0. The molecule has 5 heteroatoms. The summed E-state index contributed by atoms with van der Waals surface area (Å²) in [6.07, 6.45) is 1.62. The highest BCUT2D eigenvalue weighted by atomic mass is 16.5. The van der Waals surface area contributed by atoms with E-state index in [0.717, 1.165) is 18.6 Å². The third-order valence-corrected chi connectivity index (χ3v) is 3.59. The summed E-state index contributed by atoms with van der Waals surface area (Å²) in [4.78, 5) is 13.5. The van der Waals surface area contributed by atoms with Gasteiger partial charge in [-0.1, -0.05) is 18.2 Å². The van der Waals surface area contributed by atoms with Crippen LogP contribution in [0, 0.1) is 5.92 Å². The molecule has 1 aromatic rings. The number of likely N-dealkylation sites (N-methyl/N-ethyl adjacent to an activating group) is 1. The lowest BCUT2D eigenvalue weighted by molar-refractivity contribution is 0.112. The van der Waals surface area contributed by atoms with Crippen LogP contribution in [0.3, 0.4) is 0 Å². The number of ether oxygens (including phenoxy) is 1. The molecular formula is C16H24N2O3. The Labute approximate surface area is 125 Å². The van der Waals surface area contributed by atoms with Gasteiger partial charge in [0, 0.05) is 13.6 Å². The average Bonchev–Trinajstić information content (AvgIpc) is 3.30. The zero-order valence-corrected chi connectivity index (χ0v) is 12.7. The Bertz CT molecular complexity index is 448. The van der Waals surface area contributed by atoms with Gasteiger partial charge in [-0.25, -0.2) is 4.79 Å². The molecule has 2 unspecified atom stereocenters. The van der Waals surface area contributed by atoms with E-state index < -0.39 is 6.10 Å². The van der Waals surface area contributed by atoms with E-state index in [-0.39, 0.29) is 12.1 Å². The number of nitrogens with one attached hydrogen (secondary N) is 1. The maximum Gasteiger partial charge on any atom is 0.317 e. The molecule has 1 aliphatic carbocycles. The Balaban J connectivity index is 1.67. The average molecular weight is 292 g/mol. The second kappa shape index (κ2) is 7.31. The van der Waals surface area contributed by atoms with Gasteiger partial charge in [0.2, 0.25) is 0 Å². The van der Waals surface area contributed by atoms with Crippen LogP contribution in [0.1, 0.15) is 19.8 Å². The first kappa shape index (κ1) is 15.6. The number of aliphatic hydroxyl groups is 1. The van der Waals surface area contributed by atoms with Crippen molar-refractivity contribution in [2.75, 3.05) is 20.1 Å². The molecule has 2 N–H and O–H groups in total. The zero-order chi connectivity index (χ0) is 15.2. The topological polar surface area (TPSA) is 61.8 Å². The minimum absolute atomic E-state index is 0.113. The van der Waals surface area contributed by atoms with Gasteiger partial charge < -0.3 is 20.1 Å². The molecule has 0 radical (unpaired) electrons. The van der Waals surface area contributed by atoms with Crippen molar-refractivity contribution in [3.05, 3.63) is 30.3 Å². The lowest BCUT2D eigenvalue weighted by atomic mass is 10.2. The summed E-state index contributed by atoms with van der Waals surface area (Å²) in [7, 11) is 1.70. The number of rotatable bonds is 7. The van der Waals surface area contributed by atoms with E-state index in [1.807, 2.05) is 37.3 Å². The third kappa shape index (κ3) is 5.27. The molecule has 1 aliphatic rings. The predicted octanol–water partition coefficient (Wildman–Crippen LogP) is 1.87. The summed E-state index contributed by atoms with van der Waals surface area (Å²) in [5, 5.41) is 12.7. The van der Waals surface area contributed by atoms with Gasteiger partial charge in [-0.05, 0) is 37.8 Å². The van der Waals surface area contributed by atoms with Crippen LogP contribution in [0.15, 0.2) is 30.3 Å². The highest BCUT2D eigenvalue weighted by molar-refractivity contribution is 5.73.